The predicted octanol–water partition coefficient (Wildman–Crippen LogP) is 0.716. The fraction of sp³-hybridized carbons (Fsp3) is 0.167. The Bertz CT molecular complexity index is 122. The topological polar surface area (TPSA) is 38.4 Å². The van der Waals surface area contributed by atoms with Crippen LogP contribution < -0.4 is 5.73 Å². The van der Waals surface area contributed by atoms with E-state index < -0.39 is 0 Å². The Morgan fingerprint density at radius 1 is 1.75 bits per heavy atom. The monoisotopic (exact) mass is 110 g/mol. The lowest BCUT2D eigenvalue weighted by Crippen LogP contribution is -1.91. The summed E-state index contributed by atoms with van der Waals surface area (Å²) in [6.45, 7) is 3.46. The van der Waals surface area contributed by atoms with Gasteiger partial charge in [-0.15, -0.1) is 0 Å². The third-order valence-corrected chi connectivity index (χ3v) is 0.652. The van der Waals surface area contributed by atoms with Crippen LogP contribution in [0.25, 0.3) is 0 Å². The summed E-state index contributed by atoms with van der Waals surface area (Å²) in [6.07, 6.45) is 4.88. The largest absolute Gasteiger partial charge is 0.399 e. The molecule has 8 heavy (non-hydrogen) atoms. The lowest BCUT2D eigenvalue weighted by Gasteiger charge is -1.82. The number of rotatable bonds is 2. The van der Waals surface area contributed by atoms with Gasteiger partial charge in [0.25, 0.3) is 0 Å². The van der Waals surface area contributed by atoms with Crippen molar-refractivity contribution in [2.45, 2.75) is 0 Å². The molecule has 0 saturated carbocycles. The van der Waals surface area contributed by atoms with E-state index in [4.69, 9.17) is 5.73 Å². The van der Waals surface area contributed by atoms with Crippen molar-refractivity contribution in [2.24, 2.45) is 10.7 Å². The lowest BCUT2D eigenvalue weighted by atomic mass is 10.4. The quantitative estimate of drug-likeness (QED) is 0.412. The first-order valence-electron chi connectivity index (χ1n) is 2.31. The van der Waals surface area contributed by atoms with E-state index in [-0.39, 0.29) is 0 Å². The van der Waals surface area contributed by atoms with E-state index in [0.29, 0.717) is 5.70 Å². The van der Waals surface area contributed by atoms with Gasteiger partial charge in [0.05, 0.1) is 0 Å². The Morgan fingerprint density at radius 3 is 2.75 bits per heavy atom. The molecule has 0 aromatic heterocycles. The zero-order valence-corrected chi connectivity index (χ0v) is 4.96. The average Bonchev–Trinajstić information content (AvgIpc) is 1.83. The SMILES string of the molecule is C=C/C(N)=C\C=NC. The normalized spacial score (nSPS) is 12.4. The van der Waals surface area contributed by atoms with Crippen LogP contribution in [0.1, 0.15) is 0 Å². The highest BCUT2D eigenvalue weighted by atomic mass is 14.6. The van der Waals surface area contributed by atoms with Crippen LogP contribution in [0.4, 0.5) is 0 Å². The van der Waals surface area contributed by atoms with Crippen molar-refractivity contribution in [1.29, 1.82) is 0 Å². The highest BCUT2D eigenvalue weighted by Crippen LogP contribution is 1.78. The second-order valence-corrected chi connectivity index (χ2v) is 1.28. The fourth-order valence-electron chi connectivity index (χ4n) is 0.229. The van der Waals surface area contributed by atoms with E-state index in [2.05, 4.69) is 11.6 Å². The van der Waals surface area contributed by atoms with Crippen LogP contribution in [0.5, 0.6) is 0 Å². The van der Waals surface area contributed by atoms with Crippen molar-refractivity contribution < 1.29 is 0 Å². The van der Waals surface area contributed by atoms with Crippen molar-refractivity contribution in [1.82, 2.24) is 0 Å². The van der Waals surface area contributed by atoms with Crippen LogP contribution in [0, 0.1) is 0 Å². The van der Waals surface area contributed by atoms with Gasteiger partial charge in [0.15, 0.2) is 0 Å². The van der Waals surface area contributed by atoms with Gasteiger partial charge in [0.1, 0.15) is 0 Å². The molecule has 0 aliphatic carbocycles. The predicted molar refractivity (Wildman–Crippen MR) is 36.9 cm³/mol. The number of hydrogen-bond donors (Lipinski definition) is 1. The molecule has 0 aromatic carbocycles. The number of hydrogen-bond acceptors (Lipinski definition) is 2. The van der Waals surface area contributed by atoms with Crippen LogP contribution in [0.3, 0.4) is 0 Å². The van der Waals surface area contributed by atoms with Crippen LogP contribution in [-0.2, 0) is 0 Å². The van der Waals surface area contributed by atoms with Gasteiger partial charge in [-0.3, -0.25) is 4.99 Å². The molecular weight excluding hydrogens is 100 g/mol. The van der Waals surface area contributed by atoms with Crippen LogP contribution in [0.15, 0.2) is 29.4 Å². The Hall–Kier alpha value is -1.05. The van der Waals surface area contributed by atoms with Gasteiger partial charge < -0.3 is 5.73 Å². The smallest absolute Gasteiger partial charge is 0.0323 e. The van der Waals surface area contributed by atoms with E-state index in [1.165, 1.54) is 0 Å². The molecule has 0 radical (unpaired) electrons. The Balaban J connectivity index is 3.74. The third kappa shape index (κ3) is 3.15. The number of allylic oxidation sites excluding steroid dienone is 2. The van der Waals surface area contributed by atoms with Gasteiger partial charge in [-0.05, 0) is 12.2 Å². The fourth-order valence-corrected chi connectivity index (χ4v) is 0.229. The summed E-state index contributed by atoms with van der Waals surface area (Å²) in [6, 6.07) is 0. The summed E-state index contributed by atoms with van der Waals surface area (Å²) in [5.74, 6) is 0. The minimum atomic E-state index is 0.635. The zero-order valence-electron chi connectivity index (χ0n) is 4.96. The number of aliphatic imine (C=N–C) groups is 1. The minimum absolute atomic E-state index is 0.635. The van der Waals surface area contributed by atoms with Crippen LogP contribution >= 0.6 is 0 Å². The molecule has 0 aliphatic heterocycles. The van der Waals surface area contributed by atoms with Crippen molar-refractivity contribution in [3.05, 3.63) is 24.4 Å². The molecule has 0 saturated heterocycles. The zero-order chi connectivity index (χ0) is 6.41. The summed E-state index contributed by atoms with van der Waals surface area (Å²) >= 11 is 0. The standard InChI is InChI=1S/C6H10N2/c1-3-6(7)4-5-8-2/h3-5H,1,7H2,2H3/b6-4+,8-5?. The van der Waals surface area contributed by atoms with E-state index in [9.17, 15) is 0 Å². The molecule has 0 bridgehead atoms. The van der Waals surface area contributed by atoms with E-state index in [0.717, 1.165) is 0 Å². The summed E-state index contributed by atoms with van der Waals surface area (Å²) in [5.41, 5.74) is 5.95. The minimum Gasteiger partial charge on any atom is -0.399 e. The number of nitrogens with two attached hydrogens (primary N) is 1. The average molecular weight is 110 g/mol. The first-order chi connectivity index (χ1) is 3.81. The molecule has 0 atom stereocenters. The molecule has 0 amide bonds. The Morgan fingerprint density at radius 2 is 2.38 bits per heavy atom. The van der Waals surface area contributed by atoms with Crippen molar-refractivity contribution >= 4 is 6.21 Å². The molecule has 0 heterocycles. The summed E-state index contributed by atoms with van der Waals surface area (Å²) in [4.78, 5) is 3.69. The van der Waals surface area contributed by atoms with Crippen molar-refractivity contribution in [3.63, 3.8) is 0 Å². The molecule has 2 heteroatoms. The molecule has 0 aliphatic rings. The van der Waals surface area contributed by atoms with Gasteiger partial charge in [0.2, 0.25) is 0 Å². The van der Waals surface area contributed by atoms with Crippen LogP contribution in [0.2, 0.25) is 0 Å². The summed E-state index contributed by atoms with van der Waals surface area (Å²) in [5, 5.41) is 0. The maximum absolute atomic E-state index is 5.31. The van der Waals surface area contributed by atoms with E-state index in [1.54, 1.807) is 25.4 Å². The molecule has 44 valence electrons. The molecule has 0 rings (SSSR count). The van der Waals surface area contributed by atoms with E-state index >= 15 is 0 Å². The van der Waals surface area contributed by atoms with Gasteiger partial charge in [0, 0.05) is 19.0 Å². The molecular formula is C6H10N2. The summed E-state index contributed by atoms with van der Waals surface area (Å²) in [7, 11) is 1.69. The van der Waals surface area contributed by atoms with Crippen LogP contribution in [-0.4, -0.2) is 13.3 Å². The van der Waals surface area contributed by atoms with E-state index in [1.807, 2.05) is 0 Å². The molecule has 2 N–H and O–H groups in total. The summed E-state index contributed by atoms with van der Waals surface area (Å²) < 4.78 is 0. The van der Waals surface area contributed by atoms with Gasteiger partial charge >= 0.3 is 0 Å². The first kappa shape index (κ1) is 6.95. The second-order valence-electron chi connectivity index (χ2n) is 1.28. The van der Waals surface area contributed by atoms with Crippen molar-refractivity contribution in [3.8, 4) is 0 Å². The van der Waals surface area contributed by atoms with Crippen molar-refractivity contribution in [2.75, 3.05) is 7.05 Å². The van der Waals surface area contributed by atoms with Gasteiger partial charge in [-0.25, -0.2) is 0 Å². The second kappa shape index (κ2) is 4.12. The van der Waals surface area contributed by atoms with Gasteiger partial charge in [-0.1, -0.05) is 6.58 Å². The Labute approximate surface area is 49.4 Å². The molecule has 0 spiro atoms. The molecule has 0 unspecified atom stereocenters. The Kier molecular flexibility index (Phi) is 3.58. The molecule has 2 nitrogen and oxygen atoms in total. The molecule has 0 aromatic rings. The molecule has 0 fully saturated rings. The third-order valence-electron chi connectivity index (χ3n) is 0.652. The number of nitrogens with zero attached hydrogens (tertiary/aromatic N) is 1. The van der Waals surface area contributed by atoms with Gasteiger partial charge in [-0.2, -0.15) is 0 Å². The maximum atomic E-state index is 5.31. The maximum Gasteiger partial charge on any atom is 0.0323 e. The lowest BCUT2D eigenvalue weighted by molar-refractivity contribution is 1.43. The highest BCUT2D eigenvalue weighted by molar-refractivity contribution is 5.72. The highest BCUT2D eigenvalue weighted by Gasteiger charge is 1.71. The first-order valence-corrected chi connectivity index (χ1v) is 2.31.